The van der Waals surface area contributed by atoms with Crippen LogP contribution < -0.4 is 5.32 Å². The van der Waals surface area contributed by atoms with Crippen LogP contribution in [-0.4, -0.2) is 17.2 Å². The Morgan fingerprint density at radius 1 is 1.71 bits per heavy atom. The molecule has 0 aliphatic carbocycles. The zero-order valence-electron chi connectivity index (χ0n) is 8.53. The Bertz CT molecular complexity index is 310. The molecule has 1 heterocycles. The van der Waals surface area contributed by atoms with Crippen LogP contribution in [0, 0.1) is 6.92 Å². The number of amides is 1. The summed E-state index contributed by atoms with van der Waals surface area (Å²) in [5.74, 6) is 0. The summed E-state index contributed by atoms with van der Waals surface area (Å²) >= 11 is 1.53. The van der Waals surface area contributed by atoms with Crippen molar-refractivity contribution in [2.45, 2.75) is 33.4 Å². The van der Waals surface area contributed by atoms with Gasteiger partial charge in [-0.05, 0) is 20.8 Å². The third-order valence-electron chi connectivity index (χ3n) is 1.58. The molecule has 0 aliphatic heterocycles. The summed E-state index contributed by atoms with van der Waals surface area (Å²) in [5, 5.41) is 2.67. The lowest BCUT2D eigenvalue weighted by molar-refractivity contribution is 0.115. The number of aryl methyl sites for hydroxylation is 1. The number of aromatic nitrogens is 1. The van der Waals surface area contributed by atoms with Crippen LogP contribution in [0.4, 0.5) is 4.79 Å². The summed E-state index contributed by atoms with van der Waals surface area (Å²) in [4.78, 5) is 16.3. The van der Waals surface area contributed by atoms with Crippen molar-refractivity contribution < 1.29 is 9.53 Å². The van der Waals surface area contributed by atoms with E-state index in [4.69, 9.17) is 4.74 Å². The summed E-state index contributed by atoms with van der Waals surface area (Å²) < 4.78 is 4.92. The van der Waals surface area contributed by atoms with Gasteiger partial charge in [-0.15, -0.1) is 11.3 Å². The van der Waals surface area contributed by atoms with Crippen LogP contribution in [0.15, 0.2) is 5.51 Å². The van der Waals surface area contributed by atoms with E-state index < -0.39 is 0 Å². The van der Waals surface area contributed by atoms with Crippen molar-refractivity contribution in [3.8, 4) is 0 Å². The van der Waals surface area contributed by atoms with Gasteiger partial charge in [0.2, 0.25) is 0 Å². The topological polar surface area (TPSA) is 51.2 Å². The predicted molar refractivity (Wildman–Crippen MR) is 55.3 cm³/mol. The predicted octanol–water partition coefficient (Wildman–Crippen LogP) is 2.09. The van der Waals surface area contributed by atoms with Gasteiger partial charge >= 0.3 is 6.09 Å². The summed E-state index contributed by atoms with van der Waals surface area (Å²) in [7, 11) is 0. The third-order valence-corrected chi connectivity index (χ3v) is 2.52. The molecule has 5 heteroatoms. The van der Waals surface area contributed by atoms with Crippen LogP contribution in [0.2, 0.25) is 0 Å². The van der Waals surface area contributed by atoms with Gasteiger partial charge < -0.3 is 10.1 Å². The summed E-state index contributed by atoms with van der Waals surface area (Å²) in [6.45, 7) is 6.04. The fraction of sp³-hybridized carbons (Fsp3) is 0.556. The lowest BCUT2D eigenvalue weighted by Gasteiger charge is -2.08. The Hall–Kier alpha value is -1.10. The number of carbonyl (C=O) groups is 1. The summed E-state index contributed by atoms with van der Waals surface area (Å²) in [6.07, 6.45) is -0.467. The van der Waals surface area contributed by atoms with Crippen molar-refractivity contribution in [3.63, 3.8) is 0 Å². The maximum absolute atomic E-state index is 11.1. The molecule has 0 radical (unpaired) electrons. The average Bonchev–Trinajstić information content (AvgIpc) is 2.46. The molecule has 4 nitrogen and oxygen atoms in total. The smallest absolute Gasteiger partial charge is 0.407 e. The number of nitrogens with zero attached hydrogens (tertiary/aromatic N) is 1. The Labute approximate surface area is 87.3 Å². The number of thiazole rings is 1. The van der Waals surface area contributed by atoms with Crippen molar-refractivity contribution >= 4 is 17.4 Å². The van der Waals surface area contributed by atoms with E-state index in [-0.39, 0.29) is 12.2 Å². The van der Waals surface area contributed by atoms with Crippen LogP contribution in [-0.2, 0) is 11.3 Å². The Morgan fingerprint density at radius 2 is 2.43 bits per heavy atom. The Kier molecular flexibility index (Phi) is 3.88. The van der Waals surface area contributed by atoms with Crippen molar-refractivity contribution in [3.05, 3.63) is 16.1 Å². The molecule has 0 saturated carbocycles. The molecule has 0 atom stereocenters. The molecular formula is C9H14N2O2S. The van der Waals surface area contributed by atoms with E-state index in [1.807, 2.05) is 20.8 Å². The zero-order valence-corrected chi connectivity index (χ0v) is 9.35. The Balaban J connectivity index is 2.34. The van der Waals surface area contributed by atoms with Gasteiger partial charge in [0.25, 0.3) is 0 Å². The van der Waals surface area contributed by atoms with Crippen molar-refractivity contribution in [1.82, 2.24) is 10.3 Å². The van der Waals surface area contributed by atoms with Crippen LogP contribution in [0.25, 0.3) is 0 Å². The van der Waals surface area contributed by atoms with Crippen LogP contribution >= 0.6 is 11.3 Å². The van der Waals surface area contributed by atoms with E-state index in [2.05, 4.69) is 10.3 Å². The van der Waals surface area contributed by atoms with E-state index in [1.165, 1.54) is 11.3 Å². The molecule has 0 bridgehead atoms. The minimum absolute atomic E-state index is 0.0856. The van der Waals surface area contributed by atoms with Crippen LogP contribution in [0.3, 0.4) is 0 Å². The van der Waals surface area contributed by atoms with E-state index in [1.54, 1.807) is 5.51 Å². The SMILES string of the molecule is Cc1ncsc1CNC(=O)OC(C)C. The second-order valence-electron chi connectivity index (χ2n) is 3.17. The molecule has 1 aromatic rings. The van der Waals surface area contributed by atoms with Gasteiger partial charge in [-0.2, -0.15) is 0 Å². The molecular weight excluding hydrogens is 200 g/mol. The highest BCUT2D eigenvalue weighted by Crippen LogP contribution is 2.11. The van der Waals surface area contributed by atoms with Crippen molar-refractivity contribution in [2.24, 2.45) is 0 Å². The second kappa shape index (κ2) is 4.95. The number of alkyl carbamates (subject to hydrolysis) is 1. The van der Waals surface area contributed by atoms with Gasteiger partial charge in [0.05, 0.1) is 23.9 Å². The monoisotopic (exact) mass is 214 g/mol. The van der Waals surface area contributed by atoms with Crippen molar-refractivity contribution in [2.75, 3.05) is 0 Å². The first-order valence-corrected chi connectivity index (χ1v) is 5.31. The number of carbonyl (C=O) groups excluding carboxylic acids is 1. The number of hydrogen-bond acceptors (Lipinski definition) is 4. The highest BCUT2D eigenvalue weighted by atomic mass is 32.1. The lowest BCUT2D eigenvalue weighted by atomic mass is 10.4. The van der Waals surface area contributed by atoms with Crippen LogP contribution in [0.5, 0.6) is 0 Å². The molecule has 14 heavy (non-hydrogen) atoms. The average molecular weight is 214 g/mol. The van der Waals surface area contributed by atoms with Gasteiger partial charge in [-0.3, -0.25) is 0 Å². The first kappa shape index (κ1) is 11.0. The van der Waals surface area contributed by atoms with E-state index in [9.17, 15) is 4.79 Å². The van der Waals surface area contributed by atoms with Gasteiger partial charge in [-0.1, -0.05) is 0 Å². The van der Waals surface area contributed by atoms with Gasteiger partial charge in [-0.25, -0.2) is 9.78 Å². The molecule has 0 spiro atoms. The maximum Gasteiger partial charge on any atom is 0.407 e. The Morgan fingerprint density at radius 3 is 2.93 bits per heavy atom. The maximum atomic E-state index is 11.1. The van der Waals surface area contributed by atoms with Crippen molar-refractivity contribution in [1.29, 1.82) is 0 Å². The fourth-order valence-corrected chi connectivity index (χ4v) is 1.62. The molecule has 1 rings (SSSR count). The molecule has 0 saturated heterocycles. The quantitative estimate of drug-likeness (QED) is 0.838. The molecule has 78 valence electrons. The number of hydrogen-bond donors (Lipinski definition) is 1. The first-order valence-electron chi connectivity index (χ1n) is 4.43. The van der Waals surface area contributed by atoms with Gasteiger partial charge in [0.1, 0.15) is 0 Å². The standard InChI is InChI=1S/C9H14N2O2S/c1-6(2)13-9(12)10-4-8-7(3)11-5-14-8/h5-6H,4H2,1-3H3,(H,10,12). The second-order valence-corrected chi connectivity index (χ2v) is 4.11. The largest absolute Gasteiger partial charge is 0.447 e. The number of ether oxygens (including phenoxy) is 1. The normalized spacial score (nSPS) is 10.3. The summed E-state index contributed by atoms with van der Waals surface area (Å²) in [5.41, 5.74) is 2.72. The minimum atomic E-state index is -0.382. The van der Waals surface area contributed by atoms with E-state index in [0.29, 0.717) is 6.54 Å². The highest BCUT2D eigenvalue weighted by molar-refractivity contribution is 7.09. The molecule has 0 aromatic carbocycles. The highest BCUT2D eigenvalue weighted by Gasteiger charge is 2.06. The van der Waals surface area contributed by atoms with Crippen LogP contribution in [0.1, 0.15) is 24.4 Å². The number of nitrogens with one attached hydrogen (secondary N) is 1. The van der Waals surface area contributed by atoms with Gasteiger partial charge in [0, 0.05) is 4.88 Å². The third kappa shape index (κ3) is 3.33. The summed E-state index contributed by atoms with van der Waals surface area (Å²) in [6, 6.07) is 0. The molecule has 1 amide bonds. The molecule has 0 fully saturated rings. The number of rotatable bonds is 3. The molecule has 1 N–H and O–H groups in total. The molecule has 0 unspecified atom stereocenters. The van der Waals surface area contributed by atoms with E-state index in [0.717, 1.165) is 10.6 Å². The molecule has 0 aliphatic rings. The van der Waals surface area contributed by atoms with Gasteiger partial charge in [0.15, 0.2) is 0 Å². The zero-order chi connectivity index (χ0) is 10.6. The first-order chi connectivity index (χ1) is 6.59. The minimum Gasteiger partial charge on any atom is -0.447 e. The lowest BCUT2D eigenvalue weighted by Crippen LogP contribution is -2.26. The molecule has 1 aromatic heterocycles. The fourth-order valence-electron chi connectivity index (χ4n) is 0.904. The van der Waals surface area contributed by atoms with E-state index >= 15 is 0 Å².